The molecule has 6 heteroatoms. The molecule has 0 unspecified atom stereocenters. The predicted molar refractivity (Wildman–Crippen MR) is 79.3 cm³/mol. The minimum Gasteiger partial charge on any atom is -0.273 e. The second-order valence-electron chi connectivity index (χ2n) is 4.70. The molecule has 0 radical (unpaired) electrons. The Kier molecular flexibility index (Phi) is 3.70. The van der Waals surface area contributed by atoms with E-state index in [1.807, 2.05) is 6.92 Å². The van der Waals surface area contributed by atoms with Crippen molar-refractivity contribution in [2.45, 2.75) is 12.1 Å². The number of carbonyl (C=O) groups is 2. The molecule has 106 valence electrons. The molecule has 0 spiro atoms. The lowest BCUT2D eigenvalue weighted by Gasteiger charge is -2.12. The summed E-state index contributed by atoms with van der Waals surface area (Å²) in [7, 11) is 0. The Morgan fingerprint density at radius 1 is 1.05 bits per heavy atom. The fourth-order valence-corrected chi connectivity index (χ4v) is 2.84. The number of imide groups is 1. The van der Waals surface area contributed by atoms with E-state index >= 15 is 0 Å². The van der Waals surface area contributed by atoms with Gasteiger partial charge < -0.3 is 0 Å². The van der Waals surface area contributed by atoms with Crippen molar-refractivity contribution in [3.8, 4) is 0 Å². The van der Waals surface area contributed by atoms with Gasteiger partial charge in [0.05, 0.1) is 11.1 Å². The van der Waals surface area contributed by atoms with Crippen LogP contribution in [0, 0.1) is 6.92 Å². The highest BCUT2D eigenvalue weighted by atomic mass is 32.2. The first-order valence-corrected chi connectivity index (χ1v) is 7.52. The first kappa shape index (κ1) is 13.8. The van der Waals surface area contributed by atoms with Crippen LogP contribution in [-0.4, -0.2) is 39.0 Å². The number of hydrogen-bond donors (Lipinski definition) is 0. The van der Waals surface area contributed by atoms with E-state index in [-0.39, 0.29) is 11.8 Å². The van der Waals surface area contributed by atoms with Crippen LogP contribution in [0.25, 0.3) is 0 Å². The van der Waals surface area contributed by atoms with Crippen molar-refractivity contribution in [1.82, 2.24) is 14.9 Å². The van der Waals surface area contributed by atoms with Crippen LogP contribution in [0.5, 0.6) is 0 Å². The van der Waals surface area contributed by atoms with E-state index in [1.54, 1.807) is 36.7 Å². The van der Waals surface area contributed by atoms with E-state index in [1.165, 1.54) is 16.7 Å². The summed E-state index contributed by atoms with van der Waals surface area (Å²) in [4.78, 5) is 34.0. The fraction of sp³-hybridized carbons (Fsp3) is 0.200. The van der Waals surface area contributed by atoms with E-state index in [0.29, 0.717) is 28.6 Å². The molecule has 0 saturated carbocycles. The van der Waals surface area contributed by atoms with E-state index in [9.17, 15) is 9.59 Å². The van der Waals surface area contributed by atoms with Gasteiger partial charge in [0, 0.05) is 24.7 Å². The average molecular weight is 299 g/mol. The van der Waals surface area contributed by atoms with Crippen molar-refractivity contribution in [3.63, 3.8) is 0 Å². The van der Waals surface area contributed by atoms with Crippen molar-refractivity contribution in [2.75, 3.05) is 12.3 Å². The third-order valence-corrected chi connectivity index (χ3v) is 4.04. The molecule has 0 bridgehead atoms. The van der Waals surface area contributed by atoms with E-state index < -0.39 is 0 Å². The number of nitrogens with zero attached hydrogens (tertiary/aromatic N) is 3. The van der Waals surface area contributed by atoms with Crippen LogP contribution < -0.4 is 0 Å². The molecule has 0 atom stereocenters. The zero-order valence-electron chi connectivity index (χ0n) is 11.4. The SMILES string of the molecule is Cc1cnc(SCCN2C(=O)c3ccccc3C2=O)nc1. The number of aryl methyl sites for hydroxylation is 1. The number of benzene rings is 1. The van der Waals surface area contributed by atoms with Gasteiger partial charge in [-0.25, -0.2) is 9.97 Å². The van der Waals surface area contributed by atoms with Gasteiger partial charge in [0.2, 0.25) is 0 Å². The van der Waals surface area contributed by atoms with Crippen LogP contribution in [0.15, 0.2) is 41.8 Å². The molecule has 2 aromatic rings. The second-order valence-corrected chi connectivity index (χ2v) is 5.76. The summed E-state index contributed by atoms with van der Waals surface area (Å²) in [6, 6.07) is 6.91. The normalized spacial score (nSPS) is 13.7. The minimum absolute atomic E-state index is 0.221. The lowest BCUT2D eigenvalue weighted by Crippen LogP contribution is -2.31. The Labute approximate surface area is 126 Å². The maximum absolute atomic E-state index is 12.2. The predicted octanol–water partition coefficient (Wildman–Crippen LogP) is 2.17. The summed E-state index contributed by atoms with van der Waals surface area (Å²) in [5.74, 6) is 0.135. The van der Waals surface area contributed by atoms with Gasteiger partial charge in [-0.2, -0.15) is 0 Å². The molecule has 3 rings (SSSR count). The first-order chi connectivity index (χ1) is 10.2. The number of rotatable bonds is 4. The van der Waals surface area contributed by atoms with Crippen LogP contribution in [0.2, 0.25) is 0 Å². The zero-order valence-corrected chi connectivity index (χ0v) is 12.3. The topological polar surface area (TPSA) is 63.2 Å². The lowest BCUT2D eigenvalue weighted by atomic mass is 10.1. The molecule has 0 N–H and O–H groups in total. The minimum atomic E-state index is -0.221. The van der Waals surface area contributed by atoms with E-state index in [2.05, 4.69) is 9.97 Å². The largest absolute Gasteiger partial charge is 0.273 e. The Bertz CT molecular complexity index is 665. The number of hydrogen-bond acceptors (Lipinski definition) is 5. The smallest absolute Gasteiger partial charge is 0.261 e. The molecule has 1 aromatic heterocycles. The molecule has 2 amide bonds. The van der Waals surface area contributed by atoms with Crippen molar-refractivity contribution >= 4 is 23.6 Å². The molecule has 1 aliphatic rings. The van der Waals surface area contributed by atoms with Crippen molar-refractivity contribution < 1.29 is 9.59 Å². The second kappa shape index (κ2) is 5.65. The molecule has 21 heavy (non-hydrogen) atoms. The molecular weight excluding hydrogens is 286 g/mol. The summed E-state index contributed by atoms with van der Waals surface area (Å²) in [6.07, 6.45) is 3.49. The Balaban J connectivity index is 1.63. The van der Waals surface area contributed by atoms with Gasteiger partial charge in [0.25, 0.3) is 11.8 Å². The monoisotopic (exact) mass is 299 g/mol. The van der Waals surface area contributed by atoms with Crippen LogP contribution in [-0.2, 0) is 0 Å². The Morgan fingerprint density at radius 2 is 1.62 bits per heavy atom. The number of carbonyl (C=O) groups excluding carboxylic acids is 2. The third kappa shape index (κ3) is 2.67. The molecule has 0 saturated heterocycles. The van der Waals surface area contributed by atoms with Gasteiger partial charge in [-0.1, -0.05) is 23.9 Å². The van der Waals surface area contributed by atoms with Gasteiger partial charge in [-0.15, -0.1) is 0 Å². The Morgan fingerprint density at radius 3 is 2.19 bits per heavy atom. The summed E-state index contributed by atoms with van der Waals surface area (Å²) < 4.78 is 0. The number of fused-ring (bicyclic) bond motifs is 1. The molecule has 0 aliphatic carbocycles. The third-order valence-electron chi connectivity index (χ3n) is 3.18. The van der Waals surface area contributed by atoms with E-state index in [0.717, 1.165) is 5.56 Å². The van der Waals surface area contributed by atoms with Gasteiger partial charge in [0.1, 0.15) is 0 Å². The maximum atomic E-state index is 12.2. The standard InChI is InChI=1S/C15H13N3O2S/c1-10-8-16-15(17-9-10)21-7-6-18-13(19)11-4-2-3-5-12(11)14(18)20/h2-5,8-9H,6-7H2,1H3. The number of amides is 2. The molecule has 1 aliphatic heterocycles. The van der Waals surface area contributed by atoms with E-state index in [4.69, 9.17) is 0 Å². The maximum Gasteiger partial charge on any atom is 0.261 e. The van der Waals surface area contributed by atoms with Crippen molar-refractivity contribution in [2.24, 2.45) is 0 Å². The van der Waals surface area contributed by atoms with Crippen LogP contribution in [0.4, 0.5) is 0 Å². The number of aromatic nitrogens is 2. The molecule has 0 fully saturated rings. The van der Waals surface area contributed by atoms with Crippen molar-refractivity contribution in [1.29, 1.82) is 0 Å². The highest BCUT2D eigenvalue weighted by molar-refractivity contribution is 7.99. The summed E-state index contributed by atoms with van der Waals surface area (Å²) >= 11 is 1.43. The molecule has 1 aromatic carbocycles. The van der Waals surface area contributed by atoms with Gasteiger partial charge in [0.15, 0.2) is 5.16 Å². The van der Waals surface area contributed by atoms with Gasteiger partial charge >= 0.3 is 0 Å². The zero-order chi connectivity index (χ0) is 14.8. The number of thioether (sulfide) groups is 1. The highest BCUT2D eigenvalue weighted by Crippen LogP contribution is 2.23. The fourth-order valence-electron chi connectivity index (χ4n) is 2.13. The highest BCUT2D eigenvalue weighted by Gasteiger charge is 2.34. The summed E-state index contributed by atoms with van der Waals surface area (Å²) in [5, 5.41) is 0.650. The van der Waals surface area contributed by atoms with Crippen LogP contribution in [0.1, 0.15) is 26.3 Å². The summed E-state index contributed by atoms with van der Waals surface area (Å²) in [5.41, 5.74) is 1.97. The first-order valence-electron chi connectivity index (χ1n) is 6.53. The quantitative estimate of drug-likeness (QED) is 0.492. The van der Waals surface area contributed by atoms with Crippen LogP contribution >= 0.6 is 11.8 Å². The summed E-state index contributed by atoms with van der Waals surface area (Å²) in [6.45, 7) is 2.28. The molecule has 2 heterocycles. The molecule has 5 nitrogen and oxygen atoms in total. The lowest BCUT2D eigenvalue weighted by molar-refractivity contribution is 0.0664. The van der Waals surface area contributed by atoms with Gasteiger partial charge in [-0.3, -0.25) is 14.5 Å². The molecular formula is C15H13N3O2S. The van der Waals surface area contributed by atoms with Crippen molar-refractivity contribution in [3.05, 3.63) is 53.3 Å². The van der Waals surface area contributed by atoms with Crippen LogP contribution in [0.3, 0.4) is 0 Å². The van der Waals surface area contributed by atoms with Gasteiger partial charge in [-0.05, 0) is 24.6 Å². The average Bonchev–Trinajstić information content (AvgIpc) is 2.75. The Hall–Kier alpha value is -2.21.